The summed E-state index contributed by atoms with van der Waals surface area (Å²) in [6.07, 6.45) is 0. The van der Waals surface area contributed by atoms with E-state index < -0.39 is 0 Å². The standard InChI is InChI=1S/C11H13N3O/c1-8(15)14-10-5-3-9(4-6-10)11(7-12)13-2/h3-6,11,13H,1-2H3,(H,14,15). The average Bonchev–Trinajstić information content (AvgIpc) is 2.21. The summed E-state index contributed by atoms with van der Waals surface area (Å²) >= 11 is 0. The van der Waals surface area contributed by atoms with Gasteiger partial charge in [-0.05, 0) is 24.7 Å². The zero-order valence-corrected chi connectivity index (χ0v) is 8.74. The van der Waals surface area contributed by atoms with Crippen molar-refractivity contribution in [1.29, 1.82) is 5.26 Å². The molecule has 0 aliphatic heterocycles. The summed E-state index contributed by atoms with van der Waals surface area (Å²) in [6.45, 7) is 1.46. The third-order valence-corrected chi connectivity index (χ3v) is 1.98. The van der Waals surface area contributed by atoms with Crippen molar-refractivity contribution in [2.75, 3.05) is 12.4 Å². The first-order valence-corrected chi connectivity index (χ1v) is 4.62. The van der Waals surface area contributed by atoms with Gasteiger partial charge in [-0.25, -0.2) is 0 Å². The van der Waals surface area contributed by atoms with E-state index in [0.717, 1.165) is 11.3 Å². The molecule has 4 heteroatoms. The number of carbonyl (C=O) groups is 1. The number of hydrogen-bond acceptors (Lipinski definition) is 3. The molecule has 0 radical (unpaired) electrons. The van der Waals surface area contributed by atoms with Crippen LogP contribution in [0, 0.1) is 11.3 Å². The van der Waals surface area contributed by atoms with Gasteiger partial charge in [0.25, 0.3) is 0 Å². The lowest BCUT2D eigenvalue weighted by Gasteiger charge is -2.08. The molecule has 15 heavy (non-hydrogen) atoms. The van der Waals surface area contributed by atoms with Gasteiger partial charge in [-0.3, -0.25) is 4.79 Å². The van der Waals surface area contributed by atoms with E-state index in [4.69, 9.17) is 5.26 Å². The molecule has 0 fully saturated rings. The molecule has 0 aliphatic carbocycles. The van der Waals surface area contributed by atoms with E-state index in [1.165, 1.54) is 6.92 Å². The van der Waals surface area contributed by atoms with Gasteiger partial charge in [0, 0.05) is 12.6 Å². The number of benzene rings is 1. The van der Waals surface area contributed by atoms with Gasteiger partial charge in [0.15, 0.2) is 0 Å². The number of anilines is 1. The summed E-state index contributed by atoms with van der Waals surface area (Å²) in [5.41, 5.74) is 1.62. The third-order valence-electron chi connectivity index (χ3n) is 1.98. The summed E-state index contributed by atoms with van der Waals surface area (Å²) in [5, 5.41) is 14.4. The molecule has 0 spiro atoms. The summed E-state index contributed by atoms with van der Waals surface area (Å²) in [6, 6.07) is 9.00. The second-order valence-corrected chi connectivity index (χ2v) is 3.15. The van der Waals surface area contributed by atoms with Crippen molar-refractivity contribution in [1.82, 2.24) is 5.32 Å². The van der Waals surface area contributed by atoms with Gasteiger partial charge in [0.1, 0.15) is 6.04 Å². The van der Waals surface area contributed by atoms with Crippen LogP contribution in [-0.4, -0.2) is 13.0 Å². The maximum absolute atomic E-state index is 10.8. The fraction of sp³-hybridized carbons (Fsp3) is 0.273. The number of amides is 1. The predicted molar refractivity (Wildman–Crippen MR) is 58.2 cm³/mol. The monoisotopic (exact) mass is 203 g/mol. The Kier molecular flexibility index (Phi) is 3.83. The van der Waals surface area contributed by atoms with Crippen LogP contribution in [0.5, 0.6) is 0 Å². The van der Waals surface area contributed by atoms with Crippen LogP contribution in [0.3, 0.4) is 0 Å². The van der Waals surface area contributed by atoms with E-state index in [2.05, 4.69) is 16.7 Å². The summed E-state index contributed by atoms with van der Waals surface area (Å²) in [5.74, 6) is -0.104. The van der Waals surface area contributed by atoms with Crippen molar-refractivity contribution < 1.29 is 4.79 Å². The van der Waals surface area contributed by atoms with Crippen LogP contribution >= 0.6 is 0 Å². The SMILES string of the molecule is CNC(C#N)c1ccc(NC(C)=O)cc1. The molecular formula is C11H13N3O. The van der Waals surface area contributed by atoms with E-state index in [9.17, 15) is 4.79 Å². The first-order valence-electron chi connectivity index (χ1n) is 4.62. The van der Waals surface area contributed by atoms with Crippen LogP contribution in [0.4, 0.5) is 5.69 Å². The molecule has 0 bridgehead atoms. The minimum atomic E-state index is -0.309. The van der Waals surface area contributed by atoms with Gasteiger partial charge >= 0.3 is 0 Å². The Morgan fingerprint density at radius 3 is 2.40 bits per heavy atom. The van der Waals surface area contributed by atoms with Gasteiger partial charge in [-0.2, -0.15) is 5.26 Å². The fourth-order valence-corrected chi connectivity index (χ4v) is 1.27. The number of hydrogen-bond donors (Lipinski definition) is 2. The normalized spacial score (nSPS) is 11.5. The van der Waals surface area contributed by atoms with E-state index in [1.54, 1.807) is 19.2 Å². The topological polar surface area (TPSA) is 64.9 Å². The van der Waals surface area contributed by atoms with Crippen LogP contribution in [0.1, 0.15) is 18.5 Å². The molecule has 1 aromatic rings. The Bertz CT molecular complexity index is 378. The molecule has 0 aromatic heterocycles. The molecule has 1 unspecified atom stereocenters. The number of nitrogens with one attached hydrogen (secondary N) is 2. The molecule has 1 aromatic carbocycles. The van der Waals surface area contributed by atoms with Gasteiger partial charge < -0.3 is 10.6 Å². The second kappa shape index (κ2) is 5.13. The van der Waals surface area contributed by atoms with Crippen LogP contribution in [0.2, 0.25) is 0 Å². The number of nitriles is 1. The average molecular weight is 203 g/mol. The molecule has 0 saturated heterocycles. The lowest BCUT2D eigenvalue weighted by atomic mass is 10.1. The molecule has 2 N–H and O–H groups in total. The smallest absolute Gasteiger partial charge is 0.221 e. The molecule has 0 saturated carbocycles. The van der Waals surface area contributed by atoms with E-state index in [0.29, 0.717) is 0 Å². The third kappa shape index (κ3) is 3.08. The molecule has 4 nitrogen and oxygen atoms in total. The Balaban J connectivity index is 2.81. The number of carbonyl (C=O) groups excluding carboxylic acids is 1. The highest BCUT2D eigenvalue weighted by Gasteiger charge is 2.06. The minimum Gasteiger partial charge on any atom is -0.326 e. The molecule has 0 heterocycles. The lowest BCUT2D eigenvalue weighted by Crippen LogP contribution is -2.14. The molecule has 1 atom stereocenters. The number of rotatable bonds is 3. The maximum Gasteiger partial charge on any atom is 0.221 e. The summed E-state index contributed by atoms with van der Waals surface area (Å²) < 4.78 is 0. The molecule has 1 amide bonds. The largest absolute Gasteiger partial charge is 0.326 e. The first kappa shape index (κ1) is 11.2. The van der Waals surface area contributed by atoms with Crippen molar-refractivity contribution in [3.05, 3.63) is 29.8 Å². The van der Waals surface area contributed by atoms with E-state index >= 15 is 0 Å². The molecule has 1 rings (SSSR count). The molecular weight excluding hydrogens is 190 g/mol. The highest BCUT2D eigenvalue weighted by molar-refractivity contribution is 5.88. The zero-order valence-electron chi connectivity index (χ0n) is 8.74. The molecule has 0 aliphatic rings. The quantitative estimate of drug-likeness (QED) is 0.781. The highest BCUT2D eigenvalue weighted by atomic mass is 16.1. The van der Waals surface area contributed by atoms with Gasteiger partial charge in [0.05, 0.1) is 6.07 Å². The van der Waals surface area contributed by atoms with Gasteiger partial charge in [-0.15, -0.1) is 0 Å². The van der Waals surface area contributed by atoms with Gasteiger partial charge in [0.2, 0.25) is 5.91 Å². The van der Waals surface area contributed by atoms with Gasteiger partial charge in [-0.1, -0.05) is 12.1 Å². The Labute approximate surface area is 88.9 Å². The summed E-state index contributed by atoms with van der Waals surface area (Å²) in [7, 11) is 1.73. The van der Waals surface area contributed by atoms with Crippen molar-refractivity contribution in [3.63, 3.8) is 0 Å². The molecule has 78 valence electrons. The predicted octanol–water partition coefficient (Wildman–Crippen LogP) is 1.43. The Hall–Kier alpha value is -1.86. The number of nitrogens with zero attached hydrogens (tertiary/aromatic N) is 1. The van der Waals surface area contributed by atoms with Crippen LogP contribution in [0.25, 0.3) is 0 Å². The Morgan fingerprint density at radius 2 is 2.00 bits per heavy atom. The Morgan fingerprint density at radius 1 is 1.40 bits per heavy atom. The minimum absolute atomic E-state index is 0.104. The van der Waals surface area contributed by atoms with E-state index in [-0.39, 0.29) is 11.9 Å². The van der Waals surface area contributed by atoms with Crippen LogP contribution < -0.4 is 10.6 Å². The van der Waals surface area contributed by atoms with E-state index in [1.807, 2.05) is 12.1 Å². The second-order valence-electron chi connectivity index (χ2n) is 3.15. The van der Waals surface area contributed by atoms with Crippen molar-refractivity contribution in [2.45, 2.75) is 13.0 Å². The van der Waals surface area contributed by atoms with Crippen molar-refractivity contribution >= 4 is 11.6 Å². The van der Waals surface area contributed by atoms with Crippen molar-refractivity contribution in [3.8, 4) is 6.07 Å². The van der Waals surface area contributed by atoms with Crippen LogP contribution in [0.15, 0.2) is 24.3 Å². The fourth-order valence-electron chi connectivity index (χ4n) is 1.27. The lowest BCUT2D eigenvalue weighted by molar-refractivity contribution is -0.114. The first-order chi connectivity index (χ1) is 7.17. The maximum atomic E-state index is 10.8. The van der Waals surface area contributed by atoms with Crippen molar-refractivity contribution in [2.24, 2.45) is 0 Å². The summed E-state index contributed by atoms with van der Waals surface area (Å²) in [4.78, 5) is 10.8. The highest BCUT2D eigenvalue weighted by Crippen LogP contribution is 2.15. The zero-order chi connectivity index (χ0) is 11.3. The van der Waals surface area contributed by atoms with Crippen LogP contribution in [-0.2, 0) is 4.79 Å².